The van der Waals surface area contributed by atoms with Crippen molar-refractivity contribution in [2.24, 2.45) is 0 Å². The van der Waals surface area contributed by atoms with Crippen LogP contribution < -0.4 is 9.47 Å². The first-order valence-electron chi connectivity index (χ1n) is 9.49. The van der Waals surface area contributed by atoms with Gasteiger partial charge in [0.15, 0.2) is 0 Å². The third-order valence-electron chi connectivity index (χ3n) is 5.69. The maximum Gasteiger partial charge on any atom is 0.344 e. The van der Waals surface area contributed by atoms with E-state index < -0.39 is 24.2 Å². The lowest BCUT2D eigenvalue weighted by Gasteiger charge is -2.42. The van der Waals surface area contributed by atoms with Crippen LogP contribution in [0.2, 0.25) is 0 Å². The fourth-order valence-electron chi connectivity index (χ4n) is 4.58. The summed E-state index contributed by atoms with van der Waals surface area (Å²) in [6.45, 7) is 0. The Morgan fingerprint density at radius 1 is 0.500 bits per heavy atom. The summed E-state index contributed by atoms with van der Waals surface area (Å²) < 4.78 is 85.8. The standard InChI is InChI=1S/C24H12F6O2/c25-21(26)23(29)31-11-6-8-16-17(9-11)19-13-3-1-2-4-14(13)20(16)18-10-12(5-7-15(18)19)32-24(30)22(27)28/h1-10,19-20H. The Morgan fingerprint density at radius 2 is 0.875 bits per heavy atom. The van der Waals surface area contributed by atoms with Gasteiger partial charge in [0.2, 0.25) is 0 Å². The molecule has 2 nitrogen and oxygen atoms in total. The highest BCUT2D eigenvalue weighted by Crippen LogP contribution is 2.56. The lowest BCUT2D eigenvalue weighted by Crippen LogP contribution is -2.27. The van der Waals surface area contributed by atoms with Crippen molar-refractivity contribution >= 4 is 0 Å². The van der Waals surface area contributed by atoms with Gasteiger partial charge in [-0.3, -0.25) is 0 Å². The molecule has 0 N–H and O–H groups in total. The minimum Gasteiger partial charge on any atom is -0.428 e. The van der Waals surface area contributed by atoms with Crippen LogP contribution in [0.15, 0.2) is 84.9 Å². The highest BCUT2D eigenvalue weighted by molar-refractivity contribution is 5.69. The van der Waals surface area contributed by atoms with Crippen LogP contribution in [-0.2, 0) is 0 Å². The lowest BCUT2D eigenvalue weighted by molar-refractivity contribution is 0.240. The summed E-state index contributed by atoms with van der Waals surface area (Å²) in [4.78, 5) is 0. The van der Waals surface area contributed by atoms with E-state index in [9.17, 15) is 26.3 Å². The summed E-state index contributed by atoms with van der Waals surface area (Å²) in [7, 11) is 0. The maximum atomic E-state index is 13.3. The van der Waals surface area contributed by atoms with Gasteiger partial charge < -0.3 is 9.47 Å². The SMILES string of the molecule is FC(F)=C(F)Oc1ccc2c(c1)C1c3ccccc3C2c2cc(OC(F)=C(F)F)ccc21. The van der Waals surface area contributed by atoms with Gasteiger partial charge >= 0.3 is 24.2 Å². The summed E-state index contributed by atoms with van der Waals surface area (Å²) in [5.74, 6) is -0.823. The Labute approximate surface area is 178 Å². The fourth-order valence-corrected chi connectivity index (χ4v) is 4.58. The Balaban J connectivity index is 1.64. The van der Waals surface area contributed by atoms with Crippen LogP contribution in [0.25, 0.3) is 0 Å². The van der Waals surface area contributed by atoms with E-state index in [4.69, 9.17) is 0 Å². The van der Waals surface area contributed by atoms with Crippen LogP contribution in [0.3, 0.4) is 0 Å². The zero-order chi connectivity index (χ0) is 22.6. The number of rotatable bonds is 4. The van der Waals surface area contributed by atoms with E-state index in [2.05, 4.69) is 9.47 Å². The molecule has 3 aliphatic carbocycles. The van der Waals surface area contributed by atoms with Gasteiger partial charge in [-0.2, -0.15) is 26.3 Å². The fraction of sp³-hybridized carbons (Fsp3) is 0.0833. The Hall–Kier alpha value is -3.68. The molecule has 0 saturated heterocycles. The molecule has 0 heterocycles. The van der Waals surface area contributed by atoms with Crippen molar-refractivity contribution in [3.63, 3.8) is 0 Å². The van der Waals surface area contributed by atoms with Crippen molar-refractivity contribution in [1.29, 1.82) is 0 Å². The molecule has 0 aromatic heterocycles. The number of hydrogen-bond donors (Lipinski definition) is 0. The Kier molecular flexibility index (Phi) is 4.73. The van der Waals surface area contributed by atoms with Crippen molar-refractivity contribution in [3.05, 3.63) is 118 Å². The third kappa shape index (κ3) is 3.14. The third-order valence-corrected chi connectivity index (χ3v) is 5.69. The van der Waals surface area contributed by atoms with Crippen LogP contribution in [0.5, 0.6) is 11.5 Å². The first-order valence-corrected chi connectivity index (χ1v) is 9.49. The van der Waals surface area contributed by atoms with Gasteiger partial charge in [0.05, 0.1) is 0 Å². The summed E-state index contributed by atoms with van der Waals surface area (Å²) >= 11 is 0. The van der Waals surface area contributed by atoms with Gasteiger partial charge in [-0.05, 0) is 57.6 Å². The summed E-state index contributed by atoms with van der Waals surface area (Å²) in [5.41, 5.74) is 5.08. The second-order valence-electron chi connectivity index (χ2n) is 7.35. The zero-order valence-corrected chi connectivity index (χ0v) is 16.0. The van der Waals surface area contributed by atoms with Gasteiger partial charge in [-0.15, -0.1) is 0 Å². The predicted molar refractivity (Wildman–Crippen MR) is 103 cm³/mol. The molecular formula is C24H12F6O2. The number of halogens is 6. The molecule has 3 aromatic carbocycles. The Bertz CT molecular complexity index is 1210. The van der Waals surface area contributed by atoms with Crippen molar-refractivity contribution in [1.82, 2.24) is 0 Å². The average molecular weight is 446 g/mol. The average Bonchev–Trinajstić information content (AvgIpc) is 2.78. The second kappa shape index (κ2) is 7.47. The van der Waals surface area contributed by atoms with E-state index in [1.165, 1.54) is 24.3 Å². The largest absolute Gasteiger partial charge is 0.428 e. The predicted octanol–water partition coefficient (Wildman–Crippen LogP) is 7.50. The quantitative estimate of drug-likeness (QED) is 0.210. The lowest BCUT2D eigenvalue weighted by atomic mass is 9.61. The van der Waals surface area contributed by atoms with Crippen LogP contribution in [0.1, 0.15) is 45.2 Å². The van der Waals surface area contributed by atoms with Gasteiger partial charge in [0.1, 0.15) is 11.5 Å². The van der Waals surface area contributed by atoms with Crippen LogP contribution in [0.4, 0.5) is 26.3 Å². The zero-order valence-electron chi connectivity index (χ0n) is 16.0. The molecule has 6 rings (SSSR count). The second-order valence-corrected chi connectivity index (χ2v) is 7.35. The van der Waals surface area contributed by atoms with E-state index in [1.54, 1.807) is 12.1 Å². The molecule has 162 valence electrons. The molecule has 2 bridgehead atoms. The molecule has 0 radical (unpaired) electrons. The minimum atomic E-state index is -2.56. The molecule has 3 aliphatic rings. The molecule has 2 unspecified atom stereocenters. The van der Waals surface area contributed by atoms with E-state index in [0.717, 1.165) is 33.4 Å². The molecule has 32 heavy (non-hydrogen) atoms. The molecule has 2 atom stereocenters. The van der Waals surface area contributed by atoms with Crippen LogP contribution in [-0.4, -0.2) is 0 Å². The van der Waals surface area contributed by atoms with E-state index >= 15 is 0 Å². The first-order chi connectivity index (χ1) is 15.3. The number of ether oxygens (including phenoxy) is 2. The summed E-state index contributed by atoms with van der Waals surface area (Å²) in [6, 6.07) is 12.7. The van der Waals surface area contributed by atoms with Crippen molar-refractivity contribution in [2.45, 2.75) is 11.8 Å². The smallest absolute Gasteiger partial charge is 0.344 e. The van der Waals surface area contributed by atoms with E-state index in [1.807, 2.05) is 24.3 Å². The van der Waals surface area contributed by atoms with E-state index in [-0.39, 0.29) is 23.3 Å². The molecule has 0 fully saturated rings. The van der Waals surface area contributed by atoms with Crippen LogP contribution >= 0.6 is 0 Å². The van der Waals surface area contributed by atoms with E-state index in [0.29, 0.717) is 0 Å². The van der Waals surface area contributed by atoms with Gasteiger partial charge in [0, 0.05) is 11.8 Å². The Morgan fingerprint density at radius 3 is 1.25 bits per heavy atom. The highest BCUT2D eigenvalue weighted by atomic mass is 19.3. The van der Waals surface area contributed by atoms with Gasteiger partial charge in [-0.25, -0.2) is 0 Å². The summed E-state index contributed by atoms with van der Waals surface area (Å²) in [6.07, 6.45) is -5.11. The monoisotopic (exact) mass is 446 g/mol. The number of hydrogen-bond acceptors (Lipinski definition) is 2. The first kappa shape index (κ1) is 20.2. The van der Waals surface area contributed by atoms with Crippen LogP contribution in [0, 0.1) is 0 Å². The molecule has 3 aromatic rings. The maximum absolute atomic E-state index is 13.3. The number of benzene rings is 3. The molecule has 0 aliphatic heterocycles. The van der Waals surface area contributed by atoms with Crippen molar-refractivity contribution in [3.8, 4) is 11.5 Å². The normalized spacial score (nSPS) is 17.1. The molecular weight excluding hydrogens is 434 g/mol. The molecule has 0 amide bonds. The molecule has 0 spiro atoms. The molecule has 8 heteroatoms. The topological polar surface area (TPSA) is 18.5 Å². The minimum absolute atomic E-state index is 0.0776. The molecule has 0 saturated carbocycles. The van der Waals surface area contributed by atoms with Crippen molar-refractivity contribution in [2.75, 3.05) is 0 Å². The van der Waals surface area contributed by atoms with Crippen molar-refractivity contribution < 1.29 is 35.8 Å². The van der Waals surface area contributed by atoms with Gasteiger partial charge in [0.25, 0.3) is 0 Å². The van der Waals surface area contributed by atoms with Gasteiger partial charge in [-0.1, -0.05) is 36.4 Å². The summed E-state index contributed by atoms with van der Waals surface area (Å²) in [5, 5.41) is 0. The highest BCUT2D eigenvalue weighted by Gasteiger charge is 2.41.